The predicted octanol–water partition coefficient (Wildman–Crippen LogP) is 2.34. The van der Waals surface area contributed by atoms with E-state index >= 15 is 0 Å². The second kappa shape index (κ2) is 6.59. The number of hydrogen-bond donors (Lipinski definition) is 1. The summed E-state index contributed by atoms with van der Waals surface area (Å²) in [4.78, 5) is 18.8. The van der Waals surface area contributed by atoms with Crippen LogP contribution in [0.1, 0.15) is 32.6 Å². The van der Waals surface area contributed by atoms with Gasteiger partial charge in [-0.15, -0.1) is 5.10 Å². The van der Waals surface area contributed by atoms with Crippen molar-refractivity contribution in [1.82, 2.24) is 20.1 Å². The lowest BCUT2D eigenvalue weighted by Crippen LogP contribution is -2.45. The lowest BCUT2D eigenvalue weighted by molar-refractivity contribution is -0.133. The van der Waals surface area contributed by atoms with Crippen molar-refractivity contribution in [2.24, 2.45) is 5.41 Å². The van der Waals surface area contributed by atoms with E-state index in [-0.39, 0.29) is 11.9 Å². The summed E-state index contributed by atoms with van der Waals surface area (Å²) in [7, 11) is 1.58. The van der Waals surface area contributed by atoms with E-state index in [9.17, 15) is 4.79 Å². The van der Waals surface area contributed by atoms with Crippen LogP contribution in [0.15, 0.2) is 22.7 Å². The second-order valence-electron chi connectivity index (χ2n) is 7.19. The van der Waals surface area contributed by atoms with Gasteiger partial charge in [0.1, 0.15) is 17.5 Å². The fourth-order valence-electron chi connectivity index (χ4n) is 3.41. The van der Waals surface area contributed by atoms with Crippen molar-refractivity contribution >= 4 is 11.9 Å². The zero-order chi connectivity index (χ0) is 18.1. The Kier molecular flexibility index (Phi) is 4.26. The van der Waals surface area contributed by atoms with Crippen LogP contribution in [0.4, 0.5) is 6.01 Å². The zero-order valence-corrected chi connectivity index (χ0v) is 15.1. The van der Waals surface area contributed by atoms with E-state index in [1.807, 2.05) is 11.8 Å². The molecule has 1 amide bonds. The number of nitrogens with zero attached hydrogens (tertiary/aromatic N) is 4. The number of carbonyl (C=O) groups excluding carboxylic acids is 1. The normalized spacial score (nSPS) is 19.2. The topological polar surface area (TPSA) is 93.4 Å². The molecule has 1 aliphatic heterocycles. The van der Waals surface area contributed by atoms with Crippen molar-refractivity contribution in [2.75, 3.05) is 25.5 Å². The van der Waals surface area contributed by atoms with Gasteiger partial charge in [0.25, 0.3) is 5.89 Å². The van der Waals surface area contributed by atoms with Crippen LogP contribution in [-0.4, -0.2) is 52.2 Å². The summed E-state index contributed by atoms with van der Waals surface area (Å²) >= 11 is 0. The van der Waals surface area contributed by atoms with Crippen molar-refractivity contribution in [3.05, 3.63) is 18.3 Å². The highest BCUT2D eigenvalue weighted by Gasteiger charge is 2.45. The number of amides is 1. The van der Waals surface area contributed by atoms with E-state index in [2.05, 4.69) is 20.5 Å². The standard InChI is InChI=1S/C18H23N5O3/c1-12(16(24)23-9-7-18(5-6-18)8-10-23)20-17-22-21-15(26-17)14-4-3-13(25-2)11-19-14/h3-4,11-12H,5-10H2,1-2H3,(H,20,22)/t12-/m0/s1. The molecule has 1 atom stereocenters. The molecule has 0 unspecified atom stereocenters. The molecule has 1 aliphatic carbocycles. The first-order chi connectivity index (χ1) is 12.6. The first kappa shape index (κ1) is 16.8. The zero-order valence-electron chi connectivity index (χ0n) is 15.1. The third kappa shape index (κ3) is 3.36. The van der Waals surface area contributed by atoms with Gasteiger partial charge in [0.05, 0.1) is 13.3 Å². The molecule has 0 radical (unpaired) electrons. The Morgan fingerprint density at radius 3 is 2.65 bits per heavy atom. The number of aromatic nitrogens is 3. The van der Waals surface area contributed by atoms with E-state index < -0.39 is 6.04 Å². The molecule has 26 heavy (non-hydrogen) atoms. The first-order valence-corrected chi connectivity index (χ1v) is 8.98. The molecule has 4 rings (SSSR count). The third-order valence-corrected chi connectivity index (χ3v) is 5.42. The van der Waals surface area contributed by atoms with Gasteiger partial charge in [-0.2, -0.15) is 0 Å². The van der Waals surface area contributed by atoms with E-state index in [1.165, 1.54) is 12.8 Å². The maximum Gasteiger partial charge on any atom is 0.316 e. The smallest absolute Gasteiger partial charge is 0.316 e. The van der Waals surface area contributed by atoms with Crippen LogP contribution in [0.5, 0.6) is 5.75 Å². The Morgan fingerprint density at radius 1 is 1.27 bits per heavy atom. The monoisotopic (exact) mass is 357 g/mol. The Morgan fingerprint density at radius 2 is 2.04 bits per heavy atom. The molecule has 1 spiro atoms. The molecule has 0 bridgehead atoms. The minimum atomic E-state index is -0.416. The van der Waals surface area contributed by atoms with E-state index in [1.54, 1.807) is 25.4 Å². The van der Waals surface area contributed by atoms with Gasteiger partial charge >= 0.3 is 6.01 Å². The molecule has 3 heterocycles. The SMILES string of the molecule is COc1ccc(-c2nnc(N[C@@H](C)C(=O)N3CCC4(CC3)CC4)o2)nc1. The lowest BCUT2D eigenvalue weighted by atomic mass is 9.93. The van der Waals surface area contributed by atoms with Crippen LogP contribution >= 0.6 is 0 Å². The highest BCUT2D eigenvalue weighted by atomic mass is 16.5. The minimum absolute atomic E-state index is 0.0721. The number of ether oxygens (including phenoxy) is 1. The van der Waals surface area contributed by atoms with Crippen LogP contribution in [0, 0.1) is 5.41 Å². The van der Waals surface area contributed by atoms with Gasteiger partial charge in [-0.1, -0.05) is 5.10 Å². The van der Waals surface area contributed by atoms with Gasteiger partial charge in [-0.3, -0.25) is 4.79 Å². The van der Waals surface area contributed by atoms with Gasteiger partial charge < -0.3 is 19.4 Å². The molecule has 0 aromatic carbocycles. The Balaban J connectivity index is 1.36. The Hall–Kier alpha value is -2.64. The van der Waals surface area contributed by atoms with Crippen LogP contribution in [0.25, 0.3) is 11.6 Å². The molecule has 1 saturated carbocycles. The van der Waals surface area contributed by atoms with E-state index in [0.29, 0.717) is 22.7 Å². The molecule has 1 saturated heterocycles. The molecule has 8 nitrogen and oxygen atoms in total. The molecular formula is C18H23N5O3. The molecule has 1 N–H and O–H groups in total. The fraction of sp³-hybridized carbons (Fsp3) is 0.556. The molecule has 138 valence electrons. The molecule has 2 aromatic rings. The number of piperidine rings is 1. The summed E-state index contributed by atoms with van der Waals surface area (Å²) in [6, 6.07) is 3.32. The number of likely N-dealkylation sites (tertiary alicyclic amines) is 1. The van der Waals surface area contributed by atoms with Gasteiger partial charge in [0.15, 0.2) is 0 Å². The highest BCUT2D eigenvalue weighted by Crippen LogP contribution is 2.53. The number of methoxy groups -OCH3 is 1. The Bertz CT molecular complexity index is 774. The molecular weight excluding hydrogens is 334 g/mol. The van der Waals surface area contributed by atoms with Crippen molar-refractivity contribution in [2.45, 2.75) is 38.6 Å². The first-order valence-electron chi connectivity index (χ1n) is 8.98. The van der Waals surface area contributed by atoms with Crippen molar-refractivity contribution in [1.29, 1.82) is 0 Å². The average molecular weight is 357 g/mol. The molecule has 2 fully saturated rings. The van der Waals surface area contributed by atoms with E-state index in [4.69, 9.17) is 9.15 Å². The maximum absolute atomic E-state index is 12.6. The summed E-state index contributed by atoms with van der Waals surface area (Å²) in [6.07, 6.45) is 6.49. The van der Waals surface area contributed by atoms with Gasteiger partial charge in [0, 0.05) is 13.1 Å². The summed E-state index contributed by atoms with van der Waals surface area (Å²) in [5, 5.41) is 11.0. The van der Waals surface area contributed by atoms with Gasteiger partial charge in [0.2, 0.25) is 5.91 Å². The lowest BCUT2D eigenvalue weighted by Gasteiger charge is -2.33. The summed E-state index contributed by atoms with van der Waals surface area (Å²) < 4.78 is 10.7. The summed E-state index contributed by atoms with van der Waals surface area (Å²) in [5.74, 6) is 1.02. The second-order valence-corrected chi connectivity index (χ2v) is 7.19. The fourth-order valence-corrected chi connectivity index (χ4v) is 3.41. The quantitative estimate of drug-likeness (QED) is 0.878. The van der Waals surface area contributed by atoms with Crippen LogP contribution in [0.3, 0.4) is 0 Å². The summed E-state index contributed by atoms with van der Waals surface area (Å²) in [6.45, 7) is 3.50. The van der Waals surface area contributed by atoms with E-state index in [0.717, 1.165) is 25.9 Å². The predicted molar refractivity (Wildman–Crippen MR) is 94.6 cm³/mol. The van der Waals surface area contributed by atoms with Crippen LogP contribution in [-0.2, 0) is 4.79 Å². The number of carbonyl (C=O) groups is 1. The van der Waals surface area contributed by atoms with Crippen LogP contribution < -0.4 is 10.1 Å². The largest absolute Gasteiger partial charge is 0.495 e. The minimum Gasteiger partial charge on any atom is -0.495 e. The van der Waals surface area contributed by atoms with Crippen molar-refractivity contribution < 1.29 is 13.9 Å². The number of anilines is 1. The third-order valence-electron chi connectivity index (χ3n) is 5.42. The number of pyridine rings is 1. The maximum atomic E-state index is 12.6. The number of rotatable bonds is 5. The highest BCUT2D eigenvalue weighted by molar-refractivity contribution is 5.83. The molecule has 2 aromatic heterocycles. The number of nitrogens with one attached hydrogen (secondary N) is 1. The van der Waals surface area contributed by atoms with Crippen LogP contribution in [0.2, 0.25) is 0 Å². The van der Waals surface area contributed by atoms with Gasteiger partial charge in [-0.05, 0) is 50.2 Å². The van der Waals surface area contributed by atoms with Gasteiger partial charge in [-0.25, -0.2) is 4.98 Å². The average Bonchev–Trinajstić information content (AvgIpc) is 3.26. The van der Waals surface area contributed by atoms with Crippen molar-refractivity contribution in [3.63, 3.8) is 0 Å². The molecule has 8 heteroatoms. The number of hydrogen-bond acceptors (Lipinski definition) is 7. The Labute approximate surface area is 151 Å². The summed E-state index contributed by atoms with van der Waals surface area (Å²) in [5.41, 5.74) is 1.11. The van der Waals surface area contributed by atoms with Crippen molar-refractivity contribution in [3.8, 4) is 17.3 Å². The molecule has 2 aliphatic rings.